The van der Waals surface area contributed by atoms with Crippen LogP contribution in [0.5, 0.6) is 0 Å². The van der Waals surface area contributed by atoms with Gasteiger partial charge >= 0.3 is 5.97 Å². The lowest BCUT2D eigenvalue weighted by Crippen LogP contribution is -2.25. The summed E-state index contributed by atoms with van der Waals surface area (Å²) in [5.74, 6) is -0.365. The van der Waals surface area contributed by atoms with Crippen LogP contribution in [0.1, 0.15) is 12.8 Å². The molecule has 1 aliphatic heterocycles. The van der Waals surface area contributed by atoms with E-state index in [9.17, 15) is 4.79 Å². The van der Waals surface area contributed by atoms with Crippen molar-refractivity contribution in [2.45, 2.75) is 12.8 Å². The van der Waals surface area contributed by atoms with E-state index in [0.717, 1.165) is 19.6 Å². The van der Waals surface area contributed by atoms with Gasteiger partial charge in [0, 0.05) is 6.54 Å². The Bertz CT molecular complexity index is 146. The number of ether oxygens (including phenoxy) is 1. The van der Waals surface area contributed by atoms with E-state index in [-0.39, 0.29) is 11.8 Å². The molecule has 70 valence electrons. The summed E-state index contributed by atoms with van der Waals surface area (Å²) >= 11 is 5.26. The number of rotatable bonds is 4. The molecule has 0 radical (unpaired) electrons. The first-order chi connectivity index (χ1) is 5.83. The average molecular weight is 192 g/mol. The number of halogens is 1. The molecule has 4 heteroatoms. The highest BCUT2D eigenvalue weighted by molar-refractivity contribution is 6.26. The second-order valence-electron chi connectivity index (χ2n) is 2.90. The summed E-state index contributed by atoms with van der Waals surface area (Å²) in [6.07, 6.45) is 2.53. The van der Waals surface area contributed by atoms with Gasteiger partial charge in [-0.3, -0.25) is 9.69 Å². The minimum absolute atomic E-state index is 0.0417. The number of carbonyl (C=O) groups excluding carboxylic acids is 1. The zero-order chi connectivity index (χ0) is 8.81. The lowest BCUT2D eigenvalue weighted by molar-refractivity contribution is -0.140. The summed E-state index contributed by atoms with van der Waals surface area (Å²) in [4.78, 5) is 12.9. The van der Waals surface area contributed by atoms with Crippen LogP contribution in [-0.2, 0) is 9.53 Å². The van der Waals surface area contributed by atoms with Gasteiger partial charge < -0.3 is 4.74 Å². The molecule has 0 spiro atoms. The van der Waals surface area contributed by atoms with Gasteiger partial charge in [0.25, 0.3) is 0 Å². The smallest absolute Gasteiger partial charge is 0.320 e. The summed E-state index contributed by atoms with van der Waals surface area (Å²) in [5, 5.41) is 0. The van der Waals surface area contributed by atoms with E-state index in [1.165, 1.54) is 12.8 Å². The van der Waals surface area contributed by atoms with E-state index in [1.807, 2.05) is 0 Å². The standard InChI is InChI=1S/C8H14ClNO2/c9-7-8(11)12-6-5-10-3-1-2-4-10/h1-7H2. The second-order valence-corrected chi connectivity index (χ2v) is 3.17. The van der Waals surface area contributed by atoms with Crippen molar-refractivity contribution >= 4 is 17.6 Å². The largest absolute Gasteiger partial charge is 0.463 e. The van der Waals surface area contributed by atoms with Crippen molar-refractivity contribution in [3.05, 3.63) is 0 Å². The molecule has 0 unspecified atom stereocenters. The Balaban J connectivity index is 1.97. The lowest BCUT2D eigenvalue weighted by atomic mass is 10.4. The van der Waals surface area contributed by atoms with Crippen LogP contribution >= 0.6 is 11.6 Å². The van der Waals surface area contributed by atoms with Gasteiger partial charge in [-0.1, -0.05) is 0 Å². The fourth-order valence-corrected chi connectivity index (χ4v) is 1.41. The van der Waals surface area contributed by atoms with Gasteiger partial charge in [-0.15, -0.1) is 11.6 Å². The molecule has 1 fully saturated rings. The number of esters is 1. The highest BCUT2D eigenvalue weighted by Crippen LogP contribution is 2.05. The molecule has 0 saturated carbocycles. The van der Waals surface area contributed by atoms with Gasteiger partial charge in [0.05, 0.1) is 0 Å². The van der Waals surface area contributed by atoms with Gasteiger partial charge in [-0.05, 0) is 25.9 Å². The quantitative estimate of drug-likeness (QED) is 0.488. The van der Waals surface area contributed by atoms with Gasteiger partial charge in [0.1, 0.15) is 12.5 Å². The van der Waals surface area contributed by atoms with Crippen LogP contribution in [0.2, 0.25) is 0 Å². The molecule has 12 heavy (non-hydrogen) atoms. The topological polar surface area (TPSA) is 29.5 Å². The van der Waals surface area contributed by atoms with Crippen LogP contribution in [0, 0.1) is 0 Å². The van der Waals surface area contributed by atoms with E-state index in [2.05, 4.69) is 4.90 Å². The molecule has 0 aromatic rings. The minimum atomic E-state index is -0.323. The van der Waals surface area contributed by atoms with E-state index < -0.39 is 0 Å². The molecule has 1 saturated heterocycles. The number of nitrogens with zero attached hydrogens (tertiary/aromatic N) is 1. The molecule has 1 aliphatic rings. The van der Waals surface area contributed by atoms with Crippen LogP contribution in [0.15, 0.2) is 0 Å². The van der Waals surface area contributed by atoms with E-state index in [0.29, 0.717) is 6.61 Å². The summed E-state index contributed by atoms with van der Waals surface area (Å²) in [7, 11) is 0. The van der Waals surface area contributed by atoms with Crippen molar-refractivity contribution in [3.8, 4) is 0 Å². The van der Waals surface area contributed by atoms with Gasteiger partial charge in [0.15, 0.2) is 0 Å². The Morgan fingerprint density at radius 3 is 2.67 bits per heavy atom. The van der Waals surface area contributed by atoms with Crippen molar-refractivity contribution in [3.63, 3.8) is 0 Å². The third-order valence-electron chi connectivity index (χ3n) is 1.98. The summed E-state index contributed by atoms with van der Waals surface area (Å²) in [6, 6.07) is 0. The fourth-order valence-electron chi connectivity index (χ4n) is 1.33. The van der Waals surface area contributed by atoms with Gasteiger partial charge in [-0.2, -0.15) is 0 Å². The molecule has 3 nitrogen and oxygen atoms in total. The predicted molar refractivity (Wildman–Crippen MR) is 47.4 cm³/mol. The number of hydrogen-bond donors (Lipinski definition) is 0. The Morgan fingerprint density at radius 2 is 2.08 bits per heavy atom. The van der Waals surface area contributed by atoms with Gasteiger partial charge in [-0.25, -0.2) is 0 Å². The van der Waals surface area contributed by atoms with E-state index in [4.69, 9.17) is 16.3 Å². The van der Waals surface area contributed by atoms with E-state index >= 15 is 0 Å². The van der Waals surface area contributed by atoms with Crippen LogP contribution in [-0.4, -0.2) is 43.0 Å². The Hall–Kier alpha value is -0.280. The highest BCUT2D eigenvalue weighted by Gasteiger charge is 2.11. The lowest BCUT2D eigenvalue weighted by Gasteiger charge is -2.13. The average Bonchev–Trinajstić information content (AvgIpc) is 2.57. The highest BCUT2D eigenvalue weighted by atomic mass is 35.5. The Morgan fingerprint density at radius 1 is 1.42 bits per heavy atom. The normalized spacial score (nSPS) is 18.1. The molecule has 0 aromatic carbocycles. The molecule has 0 atom stereocenters. The third-order valence-corrected chi connectivity index (χ3v) is 2.20. The first-order valence-electron chi connectivity index (χ1n) is 4.27. The Kier molecular flexibility index (Phi) is 4.40. The number of alkyl halides is 1. The summed E-state index contributed by atoms with van der Waals surface area (Å²) in [6.45, 7) is 3.60. The number of hydrogen-bond acceptors (Lipinski definition) is 3. The molecule has 1 heterocycles. The van der Waals surface area contributed by atoms with Crippen molar-refractivity contribution in [2.75, 3.05) is 32.1 Å². The van der Waals surface area contributed by atoms with Crippen LogP contribution in [0.4, 0.5) is 0 Å². The first-order valence-corrected chi connectivity index (χ1v) is 4.80. The van der Waals surface area contributed by atoms with Crippen molar-refractivity contribution in [2.24, 2.45) is 0 Å². The molecule has 0 aliphatic carbocycles. The zero-order valence-electron chi connectivity index (χ0n) is 7.09. The zero-order valence-corrected chi connectivity index (χ0v) is 7.85. The van der Waals surface area contributed by atoms with Crippen molar-refractivity contribution in [1.29, 1.82) is 0 Å². The predicted octanol–water partition coefficient (Wildman–Crippen LogP) is 0.864. The first kappa shape index (κ1) is 9.81. The third kappa shape index (κ3) is 3.41. The molecule has 0 bridgehead atoms. The maximum Gasteiger partial charge on any atom is 0.320 e. The minimum Gasteiger partial charge on any atom is -0.463 e. The second kappa shape index (κ2) is 5.38. The maximum absolute atomic E-state index is 10.6. The Labute approximate surface area is 77.6 Å². The van der Waals surface area contributed by atoms with Crippen LogP contribution in [0.25, 0.3) is 0 Å². The molecular weight excluding hydrogens is 178 g/mol. The van der Waals surface area contributed by atoms with E-state index in [1.54, 1.807) is 0 Å². The van der Waals surface area contributed by atoms with Crippen molar-refractivity contribution in [1.82, 2.24) is 4.90 Å². The number of carbonyl (C=O) groups is 1. The summed E-state index contributed by atoms with van der Waals surface area (Å²) in [5.41, 5.74) is 0. The fraction of sp³-hybridized carbons (Fsp3) is 0.875. The molecule has 0 N–H and O–H groups in total. The molecule has 1 rings (SSSR count). The molecule has 0 aromatic heterocycles. The SMILES string of the molecule is O=C(CCl)OCCN1CCCC1. The number of likely N-dealkylation sites (tertiary alicyclic amines) is 1. The molecular formula is C8H14ClNO2. The van der Waals surface area contributed by atoms with Gasteiger partial charge in [0.2, 0.25) is 0 Å². The molecule has 0 amide bonds. The van der Waals surface area contributed by atoms with Crippen LogP contribution in [0.3, 0.4) is 0 Å². The monoisotopic (exact) mass is 191 g/mol. The summed E-state index contributed by atoms with van der Waals surface area (Å²) < 4.78 is 4.84. The van der Waals surface area contributed by atoms with Crippen LogP contribution < -0.4 is 0 Å². The van der Waals surface area contributed by atoms with Crippen molar-refractivity contribution < 1.29 is 9.53 Å². The maximum atomic E-state index is 10.6.